The standard InChI is InChI=1S/C34H37N9O5/c1-32(2,20-11-5-3-6-12-20)23-16-10-9-15-22(23)28(45)38-25-18-43-30(36)37-24(27-33(43,34(25,47)48)40-29(35)39-27)17-42-26(44)19-41(31(42)46)21-13-7-4-8-14-21/h3-16,24-25,27,47-48H,17-19H2,1-2H3,(H2,36,37)(H,38,45)(H3,35,39,40)/t24-,25?,27?,33?/m0/s1. The summed E-state index contributed by atoms with van der Waals surface area (Å²) in [6.45, 7) is 3.48. The van der Waals surface area contributed by atoms with Gasteiger partial charge in [-0.2, -0.15) is 0 Å². The van der Waals surface area contributed by atoms with Gasteiger partial charge in [-0.1, -0.05) is 80.6 Å². The normalized spacial score (nSPS) is 26.1. The minimum atomic E-state index is -2.70. The highest BCUT2D eigenvalue weighted by molar-refractivity contribution is 6.12. The molecule has 14 nitrogen and oxygen atoms in total. The van der Waals surface area contributed by atoms with Crippen molar-refractivity contribution in [1.82, 2.24) is 20.4 Å². The molecule has 4 amide bonds. The first-order valence-electron chi connectivity index (χ1n) is 15.7. The van der Waals surface area contributed by atoms with Crippen LogP contribution in [-0.4, -0.2) is 99.0 Å². The van der Waals surface area contributed by atoms with Gasteiger partial charge in [-0.15, -0.1) is 0 Å². The Balaban J connectivity index is 1.17. The third-order valence-corrected chi connectivity index (χ3v) is 9.94. The monoisotopic (exact) mass is 651 g/mol. The number of guanidine groups is 2. The fraction of sp³-hybridized carbons (Fsp3) is 0.324. The van der Waals surface area contributed by atoms with Crippen LogP contribution in [0.4, 0.5) is 10.5 Å². The van der Waals surface area contributed by atoms with E-state index in [4.69, 9.17) is 11.5 Å². The summed E-state index contributed by atoms with van der Waals surface area (Å²) in [6, 6.07) is 21.8. The number of hydrogen-bond donors (Lipinski definition) is 6. The number of aliphatic imine (C=N–C) groups is 2. The molecule has 8 N–H and O–H groups in total. The quantitative estimate of drug-likeness (QED) is 0.153. The molecule has 2 fully saturated rings. The SMILES string of the molecule is CC(C)(c1ccccc1)c1ccccc1C(=O)NC1CN2C(N)=N[C@@H](CN3C(=O)CN(c4ccccc4)C3=O)C3N=C(N)NC32C1(O)O. The van der Waals surface area contributed by atoms with Gasteiger partial charge < -0.3 is 37.2 Å². The Bertz CT molecular complexity index is 1850. The summed E-state index contributed by atoms with van der Waals surface area (Å²) >= 11 is 0. The van der Waals surface area contributed by atoms with Crippen LogP contribution in [0.3, 0.4) is 0 Å². The maximum Gasteiger partial charge on any atom is 0.331 e. The van der Waals surface area contributed by atoms with Crippen molar-refractivity contribution in [2.45, 2.75) is 48.8 Å². The number of carbonyl (C=O) groups excluding carboxylic acids is 3. The van der Waals surface area contributed by atoms with Crippen LogP contribution in [0.2, 0.25) is 0 Å². The predicted molar refractivity (Wildman–Crippen MR) is 178 cm³/mol. The predicted octanol–water partition coefficient (Wildman–Crippen LogP) is 0.256. The van der Waals surface area contributed by atoms with E-state index in [1.165, 1.54) is 9.80 Å². The van der Waals surface area contributed by atoms with Gasteiger partial charge in [0, 0.05) is 23.2 Å². The number of nitrogens with one attached hydrogen (secondary N) is 2. The molecule has 48 heavy (non-hydrogen) atoms. The third-order valence-electron chi connectivity index (χ3n) is 9.94. The first-order chi connectivity index (χ1) is 22.9. The number of nitrogens with two attached hydrogens (primary N) is 2. The summed E-state index contributed by atoms with van der Waals surface area (Å²) in [5.41, 5.74) is 12.9. The van der Waals surface area contributed by atoms with Crippen molar-refractivity contribution in [3.8, 4) is 0 Å². The van der Waals surface area contributed by atoms with Crippen LogP contribution in [0.15, 0.2) is 94.9 Å². The Morgan fingerprint density at radius 3 is 2.33 bits per heavy atom. The van der Waals surface area contributed by atoms with Crippen molar-refractivity contribution in [3.05, 3.63) is 102 Å². The van der Waals surface area contributed by atoms with E-state index in [2.05, 4.69) is 20.6 Å². The maximum absolute atomic E-state index is 14.0. The number of urea groups is 1. The first-order valence-corrected chi connectivity index (χ1v) is 15.7. The van der Waals surface area contributed by atoms with E-state index in [-0.39, 0.29) is 31.6 Å². The van der Waals surface area contributed by atoms with Crippen molar-refractivity contribution in [2.24, 2.45) is 21.5 Å². The number of amides is 4. The number of carbonyl (C=O) groups is 3. The van der Waals surface area contributed by atoms with Gasteiger partial charge >= 0.3 is 6.03 Å². The van der Waals surface area contributed by atoms with Crippen molar-refractivity contribution in [2.75, 3.05) is 24.5 Å². The van der Waals surface area contributed by atoms with Crippen LogP contribution in [-0.2, 0) is 10.2 Å². The second-order valence-electron chi connectivity index (χ2n) is 13.0. The number of para-hydroxylation sites is 1. The van der Waals surface area contributed by atoms with E-state index in [1.807, 2.05) is 62.4 Å². The topological polar surface area (TPSA) is 202 Å². The molecule has 7 rings (SSSR count). The van der Waals surface area contributed by atoms with E-state index < -0.39 is 52.8 Å². The highest BCUT2D eigenvalue weighted by Gasteiger charge is 2.73. The molecule has 1 spiro atoms. The molecule has 0 aromatic heterocycles. The van der Waals surface area contributed by atoms with Gasteiger partial charge in [-0.3, -0.25) is 19.4 Å². The lowest BCUT2D eigenvalue weighted by Gasteiger charge is -2.49. The molecule has 4 aliphatic heterocycles. The largest absolute Gasteiger partial charge is 0.370 e. The van der Waals surface area contributed by atoms with E-state index in [0.717, 1.165) is 16.0 Å². The highest BCUT2D eigenvalue weighted by atomic mass is 16.5. The smallest absolute Gasteiger partial charge is 0.331 e. The van der Waals surface area contributed by atoms with Crippen molar-refractivity contribution < 1.29 is 24.6 Å². The Morgan fingerprint density at radius 1 is 0.979 bits per heavy atom. The van der Waals surface area contributed by atoms with Crippen LogP contribution in [0, 0.1) is 0 Å². The molecule has 3 unspecified atom stereocenters. The Labute approximate surface area is 276 Å². The molecular formula is C34H37N9O5. The second-order valence-corrected chi connectivity index (χ2v) is 13.0. The Morgan fingerprint density at radius 2 is 1.62 bits per heavy atom. The third kappa shape index (κ3) is 4.58. The zero-order valence-corrected chi connectivity index (χ0v) is 26.4. The van der Waals surface area contributed by atoms with Gasteiger partial charge in [0.1, 0.15) is 18.6 Å². The van der Waals surface area contributed by atoms with Gasteiger partial charge in [0.05, 0.1) is 12.6 Å². The zero-order chi connectivity index (χ0) is 34.0. The molecule has 4 aliphatic rings. The lowest BCUT2D eigenvalue weighted by Crippen LogP contribution is -2.78. The summed E-state index contributed by atoms with van der Waals surface area (Å²) in [7, 11) is 0. The van der Waals surface area contributed by atoms with Gasteiger partial charge in [-0.25, -0.2) is 14.8 Å². The van der Waals surface area contributed by atoms with Crippen LogP contribution in [0.1, 0.15) is 35.3 Å². The van der Waals surface area contributed by atoms with Crippen LogP contribution >= 0.6 is 0 Å². The summed E-state index contributed by atoms with van der Waals surface area (Å²) in [6.07, 6.45) is 0. The average Bonchev–Trinajstić information content (AvgIpc) is 3.66. The molecular weight excluding hydrogens is 614 g/mol. The van der Waals surface area contributed by atoms with E-state index >= 15 is 0 Å². The highest BCUT2D eigenvalue weighted by Crippen LogP contribution is 2.45. The van der Waals surface area contributed by atoms with Crippen molar-refractivity contribution in [1.29, 1.82) is 0 Å². The molecule has 4 heterocycles. The van der Waals surface area contributed by atoms with E-state index in [0.29, 0.717) is 11.3 Å². The van der Waals surface area contributed by atoms with Crippen LogP contribution in [0.5, 0.6) is 0 Å². The van der Waals surface area contributed by atoms with Crippen molar-refractivity contribution >= 4 is 35.5 Å². The summed E-state index contributed by atoms with van der Waals surface area (Å²) in [5, 5.41) is 29.7. The Kier molecular flexibility index (Phi) is 7.18. The molecule has 14 heteroatoms. The summed E-state index contributed by atoms with van der Waals surface area (Å²) < 4.78 is 0. The number of nitrogens with zero attached hydrogens (tertiary/aromatic N) is 5. The Hall–Kier alpha value is -5.47. The van der Waals surface area contributed by atoms with E-state index in [1.54, 1.807) is 36.4 Å². The minimum absolute atomic E-state index is 0.0949. The lowest BCUT2D eigenvalue weighted by molar-refractivity contribution is -0.230. The average molecular weight is 652 g/mol. The molecule has 0 saturated carbocycles. The first kappa shape index (κ1) is 31.1. The number of hydrogen-bond acceptors (Lipinski definition) is 11. The molecule has 248 valence electrons. The summed E-state index contributed by atoms with van der Waals surface area (Å²) in [4.78, 5) is 53.3. The molecule has 4 atom stereocenters. The minimum Gasteiger partial charge on any atom is -0.370 e. The number of anilines is 1. The van der Waals surface area contributed by atoms with Crippen LogP contribution in [0.25, 0.3) is 0 Å². The van der Waals surface area contributed by atoms with E-state index in [9.17, 15) is 24.6 Å². The van der Waals surface area contributed by atoms with Gasteiger partial charge in [-0.05, 0) is 29.3 Å². The molecule has 2 saturated heterocycles. The molecule has 0 radical (unpaired) electrons. The summed E-state index contributed by atoms with van der Waals surface area (Å²) in [5.74, 6) is -3.88. The van der Waals surface area contributed by atoms with Gasteiger partial charge in [0.2, 0.25) is 5.79 Å². The molecule has 0 aliphatic carbocycles. The van der Waals surface area contributed by atoms with Crippen LogP contribution < -0.4 is 27.0 Å². The molecule has 0 bridgehead atoms. The van der Waals surface area contributed by atoms with Gasteiger partial charge in [0.25, 0.3) is 11.8 Å². The zero-order valence-electron chi connectivity index (χ0n) is 26.4. The second kappa shape index (κ2) is 11.1. The fourth-order valence-corrected chi connectivity index (χ4v) is 7.43. The molecule has 3 aromatic carbocycles. The maximum atomic E-state index is 14.0. The number of rotatable bonds is 7. The lowest BCUT2D eigenvalue weighted by atomic mass is 9.76. The molecule has 3 aromatic rings. The number of imide groups is 1. The van der Waals surface area contributed by atoms with Gasteiger partial charge in [0.15, 0.2) is 17.6 Å². The fourth-order valence-electron chi connectivity index (χ4n) is 7.43. The number of aliphatic hydroxyl groups is 2. The van der Waals surface area contributed by atoms with Crippen molar-refractivity contribution in [3.63, 3.8) is 0 Å². The number of benzene rings is 3.